The van der Waals surface area contributed by atoms with Gasteiger partial charge in [-0.15, -0.1) is 9.89 Å². The Hall–Kier alpha value is -2.37. The Morgan fingerprint density at radius 2 is 2.06 bits per heavy atom. The second-order valence-corrected chi connectivity index (χ2v) is 3.36. The molecule has 0 saturated carbocycles. The summed E-state index contributed by atoms with van der Waals surface area (Å²) in [6.45, 7) is 1.93. The fourth-order valence-corrected chi connectivity index (χ4v) is 1.56. The highest BCUT2D eigenvalue weighted by Gasteiger charge is 2.16. The van der Waals surface area contributed by atoms with Crippen molar-refractivity contribution in [1.29, 1.82) is 0 Å². The minimum absolute atomic E-state index is 0.0459. The predicted octanol–water partition coefficient (Wildman–Crippen LogP) is 0.287. The number of nitrogen functional groups attached to an aromatic ring is 1. The zero-order valence-corrected chi connectivity index (χ0v) is 9.21. The van der Waals surface area contributed by atoms with Crippen molar-refractivity contribution in [2.24, 2.45) is 0 Å². The van der Waals surface area contributed by atoms with Crippen LogP contribution in [0.5, 0.6) is 0 Å². The van der Waals surface area contributed by atoms with Crippen molar-refractivity contribution < 1.29 is 9.53 Å². The van der Waals surface area contributed by atoms with E-state index in [2.05, 4.69) is 5.10 Å². The van der Waals surface area contributed by atoms with Gasteiger partial charge in [-0.25, -0.2) is 4.79 Å². The number of nitrogens with zero attached hydrogens (tertiary/aromatic N) is 2. The third kappa shape index (κ3) is 1.84. The summed E-state index contributed by atoms with van der Waals surface area (Å²) in [4.78, 5) is 24.0. The number of fused-ring (bicyclic) bond motifs is 1. The molecule has 2 rings (SSSR count). The lowest BCUT2D eigenvalue weighted by atomic mass is 10.1. The Morgan fingerprint density at radius 3 is 2.71 bits per heavy atom. The molecule has 0 radical (unpaired) electrons. The van der Waals surface area contributed by atoms with E-state index in [1.54, 1.807) is 31.2 Å². The lowest BCUT2D eigenvalue weighted by molar-refractivity contribution is 0.0519. The number of nitrogens with two attached hydrogens (primary N) is 1. The third-order valence-electron chi connectivity index (χ3n) is 2.30. The van der Waals surface area contributed by atoms with Crippen LogP contribution in [0.1, 0.15) is 17.4 Å². The monoisotopic (exact) mass is 233 g/mol. The van der Waals surface area contributed by atoms with Crippen LogP contribution in [0.4, 0.5) is 0 Å². The van der Waals surface area contributed by atoms with E-state index < -0.39 is 11.5 Å². The van der Waals surface area contributed by atoms with Crippen LogP contribution in [0, 0.1) is 0 Å². The highest BCUT2D eigenvalue weighted by molar-refractivity contribution is 6.02. The second kappa shape index (κ2) is 4.25. The van der Waals surface area contributed by atoms with Gasteiger partial charge in [0.2, 0.25) is 0 Å². The molecule has 6 heteroatoms. The molecule has 17 heavy (non-hydrogen) atoms. The standard InChI is InChI=1S/C11H11N3O3/c1-2-17-11(16)9-7-5-3-4-6-8(7)10(15)14(12)13-9/h3-6H,2,12H2,1H3. The molecule has 6 nitrogen and oxygen atoms in total. The number of benzene rings is 1. The first kappa shape index (κ1) is 11.1. The summed E-state index contributed by atoms with van der Waals surface area (Å²) in [5.41, 5.74) is -0.404. The second-order valence-electron chi connectivity index (χ2n) is 3.36. The highest BCUT2D eigenvalue weighted by atomic mass is 16.5. The Balaban J connectivity index is 2.76. The van der Waals surface area contributed by atoms with E-state index in [0.717, 1.165) is 0 Å². The van der Waals surface area contributed by atoms with Gasteiger partial charge in [0.25, 0.3) is 5.56 Å². The molecular weight excluding hydrogens is 222 g/mol. The van der Waals surface area contributed by atoms with Crippen LogP contribution in [0.2, 0.25) is 0 Å². The molecule has 1 aromatic heterocycles. The summed E-state index contributed by atoms with van der Waals surface area (Å²) in [6.07, 6.45) is 0. The van der Waals surface area contributed by atoms with Gasteiger partial charge in [0.1, 0.15) is 0 Å². The molecule has 0 aliphatic rings. The van der Waals surface area contributed by atoms with Crippen LogP contribution >= 0.6 is 0 Å². The molecule has 0 aliphatic heterocycles. The number of rotatable bonds is 2. The third-order valence-corrected chi connectivity index (χ3v) is 2.30. The van der Waals surface area contributed by atoms with Crippen molar-refractivity contribution >= 4 is 16.7 Å². The topological polar surface area (TPSA) is 87.2 Å². The predicted molar refractivity (Wildman–Crippen MR) is 62.1 cm³/mol. The van der Waals surface area contributed by atoms with Crippen molar-refractivity contribution in [3.8, 4) is 0 Å². The van der Waals surface area contributed by atoms with Gasteiger partial charge in [-0.1, -0.05) is 18.2 Å². The van der Waals surface area contributed by atoms with Gasteiger partial charge in [0, 0.05) is 5.39 Å². The molecule has 0 aliphatic carbocycles. The van der Waals surface area contributed by atoms with Crippen LogP contribution in [-0.2, 0) is 4.74 Å². The van der Waals surface area contributed by atoms with Gasteiger partial charge in [-0.05, 0) is 13.0 Å². The number of aromatic nitrogens is 2. The quantitative estimate of drug-likeness (QED) is 0.595. The van der Waals surface area contributed by atoms with Crippen LogP contribution in [-0.4, -0.2) is 22.5 Å². The van der Waals surface area contributed by atoms with Crippen molar-refractivity contribution in [3.63, 3.8) is 0 Å². The molecule has 2 aromatic rings. The molecule has 0 fully saturated rings. The summed E-state index contributed by atoms with van der Waals surface area (Å²) >= 11 is 0. The summed E-state index contributed by atoms with van der Waals surface area (Å²) in [6, 6.07) is 6.63. The normalized spacial score (nSPS) is 10.4. The first-order valence-corrected chi connectivity index (χ1v) is 5.09. The molecule has 2 N–H and O–H groups in total. The number of carbonyl (C=O) groups is 1. The van der Waals surface area contributed by atoms with E-state index in [1.807, 2.05) is 0 Å². The van der Waals surface area contributed by atoms with E-state index in [9.17, 15) is 9.59 Å². The Kier molecular flexibility index (Phi) is 2.78. The molecule has 88 valence electrons. The van der Waals surface area contributed by atoms with Crippen LogP contribution in [0.15, 0.2) is 29.1 Å². The van der Waals surface area contributed by atoms with E-state index in [0.29, 0.717) is 15.6 Å². The number of carbonyl (C=O) groups excluding carboxylic acids is 1. The van der Waals surface area contributed by atoms with E-state index in [1.165, 1.54) is 0 Å². The summed E-state index contributed by atoms with van der Waals surface area (Å²) in [7, 11) is 0. The van der Waals surface area contributed by atoms with Crippen molar-refractivity contribution in [2.45, 2.75) is 6.92 Å². The van der Waals surface area contributed by atoms with Crippen LogP contribution in [0.3, 0.4) is 0 Å². The molecule has 0 unspecified atom stereocenters. The molecule has 1 aromatic carbocycles. The van der Waals surface area contributed by atoms with Gasteiger partial charge < -0.3 is 10.6 Å². The van der Waals surface area contributed by atoms with Gasteiger partial charge in [0.15, 0.2) is 5.69 Å². The Bertz CT molecular complexity index is 633. The zero-order chi connectivity index (χ0) is 12.4. The Labute approximate surface area is 96.6 Å². The van der Waals surface area contributed by atoms with Gasteiger partial charge in [-0.2, -0.15) is 0 Å². The summed E-state index contributed by atoms with van der Waals surface area (Å²) in [5, 5.41) is 4.51. The maximum absolute atomic E-state index is 11.7. The maximum Gasteiger partial charge on any atom is 0.359 e. The Morgan fingerprint density at radius 1 is 1.41 bits per heavy atom. The average Bonchev–Trinajstić information content (AvgIpc) is 2.34. The SMILES string of the molecule is CCOC(=O)c1nn(N)c(=O)c2ccccc12. The lowest BCUT2D eigenvalue weighted by Gasteiger charge is -2.06. The van der Waals surface area contributed by atoms with E-state index >= 15 is 0 Å². The number of ether oxygens (including phenoxy) is 1. The number of hydrogen-bond donors (Lipinski definition) is 1. The molecular formula is C11H11N3O3. The molecule has 0 saturated heterocycles. The zero-order valence-electron chi connectivity index (χ0n) is 9.21. The smallest absolute Gasteiger partial charge is 0.359 e. The molecule has 1 heterocycles. The summed E-state index contributed by atoms with van der Waals surface area (Å²) < 4.78 is 4.86. The van der Waals surface area contributed by atoms with E-state index in [4.69, 9.17) is 10.6 Å². The first-order chi connectivity index (χ1) is 8.15. The molecule has 0 spiro atoms. The minimum atomic E-state index is -0.595. The van der Waals surface area contributed by atoms with Crippen molar-refractivity contribution in [1.82, 2.24) is 9.89 Å². The fraction of sp³-hybridized carbons (Fsp3) is 0.182. The minimum Gasteiger partial charge on any atom is -0.461 e. The maximum atomic E-state index is 11.7. The van der Waals surface area contributed by atoms with Crippen LogP contribution < -0.4 is 11.4 Å². The van der Waals surface area contributed by atoms with Gasteiger partial charge >= 0.3 is 5.97 Å². The van der Waals surface area contributed by atoms with Crippen molar-refractivity contribution in [2.75, 3.05) is 12.4 Å². The highest BCUT2D eigenvalue weighted by Crippen LogP contribution is 2.13. The summed E-state index contributed by atoms with van der Waals surface area (Å²) in [5.74, 6) is 4.81. The molecule has 0 atom stereocenters. The molecule has 0 amide bonds. The first-order valence-electron chi connectivity index (χ1n) is 5.09. The lowest BCUT2D eigenvalue weighted by Crippen LogP contribution is -2.32. The van der Waals surface area contributed by atoms with E-state index in [-0.39, 0.29) is 12.3 Å². The number of hydrogen-bond acceptors (Lipinski definition) is 5. The largest absolute Gasteiger partial charge is 0.461 e. The van der Waals surface area contributed by atoms with Gasteiger partial charge in [0.05, 0.1) is 12.0 Å². The van der Waals surface area contributed by atoms with Crippen LogP contribution in [0.25, 0.3) is 10.8 Å². The molecule has 0 bridgehead atoms. The number of esters is 1. The van der Waals surface area contributed by atoms with Gasteiger partial charge in [-0.3, -0.25) is 4.79 Å². The fourth-order valence-electron chi connectivity index (χ4n) is 1.56. The van der Waals surface area contributed by atoms with Crippen molar-refractivity contribution in [3.05, 3.63) is 40.3 Å². The average molecular weight is 233 g/mol.